The van der Waals surface area contributed by atoms with Crippen LogP contribution in [-0.2, 0) is 6.42 Å². The lowest BCUT2D eigenvalue weighted by atomic mass is 10.1. The van der Waals surface area contributed by atoms with Crippen LogP contribution in [0.2, 0.25) is 0 Å². The van der Waals surface area contributed by atoms with Crippen molar-refractivity contribution in [1.29, 1.82) is 0 Å². The number of hydrogen-bond acceptors (Lipinski definition) is 5. The van der Waals surface area contributed by atoms with Crippen LogP contribution in [0.25, 0.3) is 0 Å². The fraction of sp³-hybridized carbons (Fsp3) is 0.500. The molecular weight excluding hydrogens is 262 g/mol. The van der Waals surface area contributed by atoms with Crippen LogP contribution in [0.15, 0.2) is 40.3 Å². The van der Waals surface area contributed by atoms with E-state index in [1.807, 2.05) is 25.9 Å². The molecule has 0 spiro atoms. The molecule has 0 radical (unpaired) electrons. The molecule has 1 aromatic rings. The molecule has 5 heteroatoms. The maximum absolute atomic E-state index is 4.56. The highest BCUT2D eigenvalue weighted by Crippen LogP contribution is 2.06. The van der Waals surface area contributed by atoms with Gasteiger partial charge in [0.2, 0.25) is 11.9 Å². The largest absolute Gasteiger partial charge is 0.349 e. The zero-order chi connectivity index (χ0) is 15.2. The molecule has 2 rings (SSSR count). The molecule has 1 aromatic carbocycles. The van der Waals surface area contributed by atoms with Crippen molar-refractivity contribution in [2.45, 2.75) is 25.9 Å². The highest BCUT2D eigenvalue weighted by molar-refractivity contribution is 5.99. The summed E-state index contributed by atoms with van der Waals surface area (Å²) in [5, 5.41) is 3.28. The van der Waals surface area contributed by atoms with Gasteiger partial charge in [0.15, 0.2) is 0 Å². The summed E-state index contributed by atoms with van der Waals surface area (Å²) < 4.78 is 0. The van der Waals surface area contributed by atoms with Gasteiger partial charge in [-0.3, -0.25) is 5.32 Å². The summed E-state index contributed by atoms with van der Waals surface area (Å²) in [5.41, 5.74) is 1.38. The van der Waals surface area contributed by atoms with E-state index in [0.717, 1.165) is 31.3 Å². The molecule has 1 aliphatic heterocycles. The fourth-order valence-corrected chi connectivity index (χ4v) is 2.24. The Morgan fingerprint density at radius 2 is 1.71 bits per heavy atom. The van der Waals surface area contributed by atoms with E-state index >= 15 is 0 Å². The molecule has 1 unspecified atom stereocenters. The molecule has 1 atom stereocenters. The number of aryl methyl sites for hydroxylation is 1. The van der Waals surface area contributed by atoms with Crippen molar-refractivity contribution in [2.75, 3.05) is 27.7 Å². The Kier molecular flexibility index (Phi) is 5.20. The second-order valence-corrected chi connectivity index (χ2v) is 5.57. The third-order valence-corrected chi connectivity index (χ3v) is 3.43. The lowest BCUT2D eigenvalue weighted by molar-refractivity contribution is 0.461. The fourth-order valence-electron chi connectivity index (χ4n) is 2.24. The van der Waals surface area contributed by atoms with Crippen molar-refractivity contribution in [2.24, 2.45) is 9.98 Å². The summed E-state index contributed by atoms with van der Waals surface area (Å²) in [6, 6.07) is 10.6. The number of guanidine groups is 2. The van der Waals surface area contributed by atoms with Crippen LogP contribution in [0.3, 0.4) is 0 Å². The first-order valence-electron chi connectivity index (χ1n) is 7.41. The van der Waals surface area contributed by atoms with Gasteiger partial charge in [0, 0.05) is 27.7 Å². The summed E-state index contributed by atoms with van der Waals surface area (Å²) >= 11 is 0. The zero-order valence-corrected chi connectivity index (χ0v) is 13.4. The van der Waals surface area contributed by atoms with Gasteiger partial charge in [-0.1, -0.05) is 30.3 Å². The van der Waals surface area contributed by atoms with Crippen LogP contribution >= 0.6 is 0 Å². The van der Waals surface area contributed by atoms with Gasteiger partial charge in [0.25, 0.3) is 0 Å². The van der Waals surface area contributed by atoms with Crippen LogP contribution in [0.1, 0.15) is 18.9 Å². The zero-order valence-electron chi connectivity index (χ0n) is 13.4. The molecule has 0 bridgehead atoms. The summed E-state index contributed by atoms with van der Waals surface area (Å²) in [7, 11) is 6.04. The van der Waals surface area contributed by atoms with Crippen LogP contribution < -0.4 is 5.32 Å². The predicted molar refractivity (Wildman–Crippen MR) is 88.5 cm³/mol. The van der Waals surface area contributed by atoms with Gasteiger partial charge in [-0.25, -0.2) is 9.98 Å². The van der Waals surface area contributed by atoms with Crippen molar-refractivity contribution < 1.29 is 0 Å². The minimum absolute atomic E-state index is 0.0322. The van der Waals surface area contributed by atoms with Crippen molar-refractivity contribution in [3.05, 3.63) is 35.9 Å². The Balaban J connectivity index is 1.84. The normalized spacial score (nSPS) is 17.6. The summed E-state index contributed by atoms with van der Waals surface area (Å²) in [5.74, 6) is 1.76. The SMILES string of the molecule is CC1N=C(N(C)C)NC(N(C)CCCc2ccccc2)=N1. The smallest absolute Gasteiger partial charge is 0.202 e. The van der Waals surface area contributed by atoms with Gasteiger partial charge in [0.1, 0.15) is 6.17 Å². The Morgan fingerprint density at radius 3 is 2.38 bits per heavy atom. The third-order valence-electron chi connectivity index (χ3n) is 3.43. The molecule has 1 aliphatic rings. The van der Waals surface area contributed by atoms with E-state index in [-0.39, 0.29) is 6.17 Å². The van der Waals surface area contributed by atoms with E-state index in [2.05, 4.69) is 57.6 Å². The van der Waals surface area contributed by atoms with Crippen LogP contribution in [0, 0.1) is 0 Å². The Morgan fingerprint density at radius 1 is 1.05 bits per heavy atom. The molecule has 1 N–H and O–H groups in total. The minimum Gasteiger partial charge on any atom is -0.349 e. The Hall–Kier alpha value is -2.04. The first-order valence-corrected chi connectivity index (χ1v) is 7.41. The van der Waals surface area contributed by atoms with Gasteiger partial charge in [-0.15, -0.1) is 0 Å². The first kappa shape index (κ1) is 15.4. The molecule has 0 aliphatic carbocycles. The van der Waals surface area contributed by atoms with Crippen molar-refractivity contribution in [1.82, 2.24) is 15.1 Å². The number of nitrogens with zero attached hydrogens (tertiary/aromatic N) is 4. The number of benzene rings is 1. The average molecular weight is 287 g/mol. The highest BCUT2D eigenvalue weighted by Gasteiger charge is 2.17. The first-order chi connectivity index (χ1) is 10.1. The van der Waals surface area contributed by atoms with Gasteiger partial charge in [-0.05, 0) is 25.3 Å². The van der Waals surface area contributed by atoms with Gasteiger partial charge < -0.3 is 9.80 Å². The topological polar surface area (TPSA) is 43.2 Å². The van der Waals surface area contributed by atoms with Crippen LogP contribution in [-0.4, -0.2) is 55.6 Å². The van der Waals surface area contributed by atoms with E-state index in [1.165, 1.54) is 5.56 Å². The van der Waals surface area contributed by atoms with Gasteiger partial charge in [-0.2, -0.15) is 0 Å². The third kappa shape index (κ3) is 4.48. The van der Waals surface area contributed by atoms with Crippen molar-refractivity contribution in [3.63, 3.8) is 0 Å². The maximum Gasteiger partial charge on any atom is 0.202 e. The average Bonchev–Trinajstić information content (AvgIpc) is 2.47. The molecule has 0 saturated heterocycles. The number of nitrogens with one attached hydrogen (secondary N) is 1. The quantitative estimate of drug-likeness (QED) is 0.918. The second kappa shape index (κ2) is 7.11. The maximum atomic E-state index is 4.56. The number of hydrogen-bond donors (Lipinski definition) is 1. The molecule has 1 heterocycles. The molecule has 0 fully saturated rings. The minimum atomic E-state index is -0.0322. The monoisotopic (exact) mass is 287 g/mol. The summed E-state index contributed by atoms with van der Waals surface area (Å²) in [6.45, 7) is 2.97. The molecule has 0 amide bonds. The van der Waals surface area contributed by atoms with Crippen LogP contribution in [0.4, 0.5) is 0 Å². The highest BCUT2D eigenvalue weighted by atomic mass is 15.4. The van der Waals surface area contributed by atoms with Crippen molar-refractivity contribution in [3.8, 4) is 0 Å². The van der Waals surface area contributed by atoms with E-state index < -0.39 is 0 Å². The van der Waals surface area contributed by atoms with E-state index in [1.54, 1.807) is 0 Å². The Bertz CT molecular complexity index is 507. The van der Waals surface area contributed by atoms with Gasteiger partial charge in [0.05, 0.1) is 0 Å². The predicted octanol–water partition coefficient (Wildman–Crippen LogP) is 1.77. The van der Waals surface area contributed by atoms with E-state index in [9.17, 15) is 0 Å². The summed E-state index contributed by atoms with van der Waals surface area (Å²) in [6.07, 6.45) is 2.15. The van der Waals surface area contributed by atoms with Crippen LogP contribution in [0.5, 0.6) is 0 Å². The lowest BCUT2D eigenvalue weighted by Gasteiger charge is -2.29. The Labute approximate surface area is 127 Å². The standard InChI is InChI=1S/C16H25N5/c1-13-17-15(20(2)3)19-16(18-13)21(4)12-8-11-14-9-6-5-7-10-14/h5-7,9-10,13H,8,11-12H2,1-4H3,(H,17,18,19). The lowest BCUT2D eigenvalue weighted by Crippen LogP contribution is -2.50. The van der Waals surface area contributed by atoms with Crippen molar-refractivity contribution >= 4 is 11.9 Å². The molecule has 114 valence electrons. The molecule has 0 saturated carbocycles. The number of rotatable bonds is 4. The summed E-state index contributed by atoms with van der Waals surface area (Å²) in [4.78, 5) is 13.2. The number of aliphatic imine (C=N–C) groups is 2. The molecule has 21 heavy (non-hydrogen) atoms. The van der Waals surface area contributed by atoms with E-state index in [0.29, 0.717) is 0 Å². The molecular formula is C16H25N5. The molecule has 5 nitrogen and oxygen atoms in total. The molecule has 0 aromatic heterocycles. The van der Waals surface area contributed by atoms with E-state index in [4.69, 9.17) is 0 Å². The van der Waals surface area contributed by atoms with Gasteiger partial charge >= 0.3 is 0 Å². The second-order valence-electron chi connectivity index (χ2n) is 5.57.